The van der Waals surface area contributed by atoms with Gasteiger partial charge in [0.25, 0.3) is 0 Å². The molecule has 0 spiro atoms. The van der Waals surface area contributed by atoms with E-state index in [1.807, 2.05) is 31.2 Å². The van der Waals surface area contributed by atoms with Crippen molar-refractivity contribution < 1.29 is 13.6 Å². The smallest absolute Gasteiger partial charge is 0.223 e. The summed E-state index contributed by atoms with van der Waals surface area (Å²) in [7, 11) is 1.78. The number of hydrogen-bond acceptors (Lipinski definition) is 3. The fourth-order valence-corrected chi connectivity index (χ4v) is 2.87. The third kappa shape index (κ3) is 4.74. The lowest BCUT2D eigenvalue weighted by atomic mass is 10.1. The van der Waals surface area contributed by atoms with Crippen molar-refractivity contribution in [1.82, 2.24) is 9.88 Å². The van der Waals surface area contributed by atoms with Gasteiger partial charge in [0.1, 0.15) is 5.82 Å². The number of halogens is 2. The fourth-order valence-electron chi connectivity index (χ4n) is 2.74. The zero-order chi connectivity index (χ0) is 19.4. The molecule has 4 nitrogen and oxygen atoms in total. The standard InChI is InChI=1S/C21H20ClFN2O2/c1-14(15-3-7-17(22)8-4-15)25(2)21(26)12-11-20-24-13-19(27-20)16-5-9-18(23)10-6-16/h3-10,13-14H,11-12H2,1-2H3. The molecule has 1 aromatic heterocycles. The second-order valence-corrected chi connectivity index (χ2v) is 6.79. The highest BCUT2D eigenvalue weighted by Gasteiger charge is 2.18. The molecule has 0 aliphatic rings. The summed E-state index contributed by atoms with van der Waals surface area (Å²) in [6, 6.07) is 13.4. The van der Waals surface area contributed by atoms with Gasteiger partial charge in [-0.25, -0.2) is 9.37 Å². The van der Waals surface area contributed by atoms with E-state index in [0.717, 1.165) is 11.1 Å². The van der Waals surface area contributed by atoms with Crippen LogP contribution in [0.5, 0.6) is 0 Å². The molecule has 0 fully saturated rings. The van der Waals surface area contributed by atoms with E-state index in [1.165, 1.54) is 12.1 Å². The topological polar surface area (TPSA) is 46.3 Å². The van der Waals surface area contributed by atoms with Gasteiger partial charge in [-0.15, -0.1) is 0 Å². The maximum Gasteiger partial charge on any atom is 0.223 e. The molecule has 140 valence electrons. The molecule has 27 heavy (non-hydrogen) atoms. The van der Waals surface area contributed by atoms with Gasteiger partial charge in [0.15, 0.2) is 11.7 Å². The highest BCUT2D eigenvalue weighted by molar-refractivity contribution is 6.30. The van der Waals surface area contributed by atoms with Crippen LogP contribution in [-0.4, -0.2) is 22.8 Å². The third-order valence-electron chi connectivity index (χ3n) is 4.56. The van der Waals surface area contributed by atoms with Gasteiger partial charge in [-0.3, -0.25) is 4.79 Å². The zero-order valence-corrected chi connectivity index (χ0v) is 15.9. The number of oxazole rings is 1. The van der Waals surface area contributed by atoms with Crippen LogP contribution in [0.1, 0.15) is 30.8 Å². The first-order valence-corrected chi connectivity index (χ1v) is 9.03. The first kappa shape index (κ1) is 19.1. The van der Waals surface area contributed by atoms with Crippen LogP contribution in [-0.2, 0) is 11.2 Å². The van der Waals surface area contributed by atoms with Crippen LogP contribution in [0.15, 0.2) is 59.1 Å². The molecule has 0 saturated carbocycles. The summed E-state index contributed by atoms with van der Waals surface area (Å²) < 4.78 is 18.7. The second-order valence-electron chi connectivity index (χ2n) is 6.36. The average molecular weight is 387 g/mol. The first-order chi connectivity index (χ1) is 12.9. The van der Waals surface area contributed by atoms with Gasteiger partial charge >= 0.3 is 0 Å². The lowest BCUT2D eigenvalue weighted by molar-refractivity contribution is -0.131. The Labute approximate surface area is 162 Å². The summed E-state index contributed by atoms with van der Waals surface area (Å²) in [6.07, 6.45) is 2.28. The molecule has 3 rings (SSSR count). The Morgan fingerprint density at radius 1 is 1.19 bits per heavy atom. The van der Waals surface area contributed by atoms with Crippen LogP contribution >= 0.6 is 11.6 Å². The van der Waals surface area contributed by atoms with Crippen molar-refractivity contribution in [1.29, 1.82) is 0 Å². The average Bonchev–Trinajstić information content (AvgIpc) is 3.15. The number of amides is 1. The van der Waals surface area contributed by atoms with Crippen molar-refractivity contribution in [2.75, 3.05) is 7.05 Å². The van der Waals surface area contributed by atoms with Gasteiger partial charge < -0.3 is 9.32 Å². The minimum atomic E-state index is -0.304. The summed E-state index contributed by atoms with van der Waals surface area (Å²) in [5, 5.41) is 0.667. The summed E-state index contributed by atoms with van der Waals surface area (Å²) in [5.74, 6) is 0.733. The van der Waals surface area contributed by atoms with Crippen LogP contribution in [0.4, 0.5) is 4.39 Å². The predicted molar refractivity (Wildman–Crippen MR) is 103 cm³/mol. The van der Waals surface area contributed by atoms with E-state index in [0.29, 0.717) is 23.1 Å². The highest BCUT2D eigenvalue weighted by Crippen LogP contribution is 2.23. The van der Waals surface area contributed by atoms with E-state index in [-0.39, 0.29) is 24.2 Å². The summed E-state index contributed by atoms with van der Waals surface area (Å²) in [5.41, 5.74) is 1.76. The maximum atomic E-state index is 13.0. The molecule has 1 amide bonds. The Morgan fingerprint density at radius 2 is 1.85 bits per heavy atom. The minimum Gasteiger partial charge on any atom is -0.441 e. The molecule has 1 unspecified atom stereocenters. The normalized spacial score (nSPS) is 12.0. The van der Waals surface area contributed by atoms with Crippen molar-refractivity contribution in [2.45, 2.75) is 25.8 Å². The van der Waals surface area contributed by atoms with E-state index >= 15 is 0 Å². The van der Waals surface area contributed by atoms with E-state index < -0.39 is 0 Å². The summed E-state index contributed by atoms with van der Waals surface area (Å²) in [6.45, 7) is 1.97. The molecular formula is C21H20ClFN2O2. The summed E-state index contributed by atoms with van der Waals surface area (Å²) in [4.78, 5) is 18.4. The van der Waals surface area contributed by atoms with E-state index in [1.54, 1.807) is 30.3 Å². The number of aromatic nitrogens is 1. The second kappa shape index (κ2) is 8.35. The Morgan fingerprint density at radius 3 is 2.52 bits per heavy atom. The molecule has 0 aliphatic carbocycles. The van der Waals surface area contributed by atoms with Crippen LogP contribution in [0.3, 0.4) is 0 Å². The van der Waals surface area contributed by atoms with Gasteiger partial charge in [-0.2, -0.15) is 0 Å². The van der Waals surface area contributed by atoms with Crippen molar-refractivity contribution >= 4 is 17.5 Å². The molecule has 1 heterocycles. The van der Waals surface area contributed by atoms with Crippen molar-refractivity contribution in [3.8, 4) is 11.3 Å². The molecule has 6 heteroatoms. The number of carbonyl (C=O) groups excluding carboxylic acids is 1. The molecule has 0 saturated heterocycles. The van der Waals surface area contributed by atoms with Crippen LogP contribution < -0.4 is 0 Å². The predicted octanol–water partition coefficient (Wildman–Crippen LogP) is 5.29. The van der Waals surface area contributed by atoms with Gasteiger partial charge in [-0.1, -0.05) is 23.7 Å². The molecule has 3 aromatic rings. The molecule has 0 N–H and O–H groups in total. The number of nitrogens with zero attached hydrogens (tertiary/aromatic N) is 2. The Kier molecular flexibility index (Phi) is 5.91. The van der Waals surface area contributed by atoms with Crippen molar-refractivity contribution in [2.24, 2.45) is 0 Å². The Balaban J connectivity index is 1.58. The number of aryl methyl sites for hydroxylation is 1. The van der Waals surface area contributed by atoms with Gasteiger partial charge in [0, 0.05) is 30.5 Å². The molecule has 0 bridgehead atoms. The molecule has 0 aliphatic heterocycles. The van der Waals surface area contributed by atoms with Crippen LogP contribution in [0.2, 0.25) is 5.02 Å². The SMILES string of the molecule is CC(c1ccc(Cl)cc1)N(C)C(=O)CCc1ncc(-c2ccc(F)cc2)o1. The maximum absolute atomic E-state index is 13.0. The van der Waals surface area contributed by atoms with Gasteiger partial charge in [0.2, 0.25) is 5.91 Å². The number of hydrogen-bond donors (Lipinski definition) is 0. The highest BCUT2D eigenvalue weighted by atomic mass is 35.5. The number of carbonyl (C=O) groups is 1. The lowest BCUT2D eigenvalue weighted by Gasteiger charge is -2.25. The molecule has 1 atom stereocenters. The van der Waals surface area contributed by atoms with Crippen molar-refractivity contribution in [3.05, 3.63) is 77.0 Å². The molecule has 2 aromatic carbocycles. The molecular weight excluding hydrogens is 367 g/mol. The quantitative estimate of drug-likeness (QED) is 0.578. The van der Waals surface area contributed by atoms with Crippen LogP contribution in [0, 0.1) is 5.82 Å². The monoisotopic (exact) mass is 386 g/mol. The third-order valence-corrected chi connectivity index (χ3v) is 4.81. The Bertz CT molecular complexity index is 907. The van der Waals surface area contributed by atoms with Crippen molar-refractivity contribution in [3.63, 3.8) is 0 Å². The fraction of sp³-hybridized carbons (Fsp3) is 0.238. The number of rotatable bonds is 6. The van der Waals surface area contributed by atoms with E-state index in [4.69, 9.17) is 16.0 Å². The lowest BCUT2D eigenvalue weighted by Crippen LogP contribution is -2.29. The van der Waals surface area contributed by atoms with E-state index in [9.17, 15) is 9.18 Å². The zero-order valence-electron chi connectivity index (χ0n) is 15.2. The van der Waals surface area contributed by atoms with Crippen LogP contribution in [0.25, 0.3) is 11.3 Å². The minimum absolute atomic E-state index is 0.000942. The van der Waals surface area contributed by atoms with Gasteiger partial charge in [-0.05, 0) is 48.9 Å². The van der Waals surface area contributed by atoms with Gasteiger partial charge in [0.05, 0.1) is 12.2 Å². The van der Waals surface area contributed by atoms with E-state index in [2.05, 4.69) is 4.98 Å². The Hall–Kier alpha value is -2.66. The molecule has 0 radical (unpaired) electrons. The number of benzene rings is 2. The first-order valence-electron chi connectivity index (χ1n) is 8.66. The summed E-state index contributed by atoms with van der Waals surface area (Å²) >= 11 is 5.91. The largest absolute Gasteiger partial charge is 0.441 e.